The summed E-state index contributed by atoms with van der Waals surface area (Å²) in [4.78, 5) is 23.2. The molecule has 0 unspecified atom stereocenters. The van der Waals surface area contributed by atoms with Crippen molar-refractivity contribution in [2.24, 2.45) is 0 Å². The second-order valence-corrected chi connectivity index (χ2v) is 5.71. The van der Waals surface area contributed by atoms with Gasteiger partial charge in [0.25, 0.3) is 5.56 Å². The van der Waals surface area contributed by atoms with Gasteiger partial charge in [-0.05, 0) is 25.1 Å². The number of fused-ring (bicyclic) bond motifs is 1. The van der Waals surface area contributed by atoms with Crippen molar-refractivity contribution in [3.05, 3.63) is 76.1 Å². The third kappa shape index (κ3) is 2.80. The van der Waals surface area contributed by atoms with Gasteiger partial charge in [-0.25, -0.2) is 19.0 Å². The molecule has 6 nitrogen and oxygen atoms in total. The van der Waals surface area contributed by atoms with Crippen molar-refractivity contribution >= 4 is 11.0 Å². The van der Waals surface area contributed by atoms with E-state index >= 15 is 0 Å². The van der Waals surface area contributed by atoms with Crippen LogP contribution in [0.15, 0.2) is 53.5 Å². The highest BCUT2D eigenvalue weighted by Crippen LogP contribution is 2.24. The zero-order valence-corrected chi connectivity index (χ0v) is 13.4. The van der Waals surface area contributed by atoms with Gasteiger partial charge in [-0.1, -0.05) is 18.2 Å². The average Bonchev–Trinajstić information content (AvgIpc) is 2.95. The molecular weight excluding hydrogens is 321 g/mol. The summed E-state index contributed by atoms with van der Waals surface area (Å²) >= 11 is 0. The number of hydrogen-bond donors (Lipinski definition) is 1. The lowest BCUT2D eigenvalue weighted by molar-refractivity contribution is 0.589. The van der Waals surface area contributed by atoms with Crippen LogP contribution in [0.25, 0.3) is 22.6 Å². The number of halogens is 1. The number of rotatable bonds is 3. The van der Waals surface area contributed by atoms with Crippen LogP contribution in [-0.2, 0) is 6.54 Å². The number of nitrogens with one attached hydrogen (secondary N) is 1. The quantitative estimate of drug-likeness (QED) is 0.624. The first-order chi connectivity index (χ1) is 12.1. The Bertz CT molecular complexity index is 1130. The van der Waals surface area contributed by atoms with E-state index in [1.54, 1.807) is 42.1 Å². The van der Waals surface area contributed by atoms with Crippen LogP contribution in [0.1, 0.15) is 11.3 Å². The Kier molecular flexibility index (Phi) is 3.61. The minimum Gasteiger partial charge on any atom is -0.305 e. The van der Waals surface area contributed by atoms with E-state index in [0.717, 1.165) is 5.39 Å². The summed E-state index contributed by atoms with van der Waals surface area (Å²) in [5.74, 6) is 0.0704. The molecule has 0 amide bonds. The van der Waals surface area contributed by atoms with E-state index in [9.17, 15) is 9.18 Å². The Balaban J connectivity index is 1.90. The second-order valence-electron chi connectivity index (χ2n) is 5.71. The molecule has 1 aromatic carbocycles. The number of aromatic amines is 1. The van der Waals surface area contributed by atoms with Gasteiger partial charge >= 0.3 is 0 Å². The molecule has 0 saturated heterocycles. The van der Waals surface area contributed by atoms with E-state index in [1.807, 2.05) is 6.07 Å². The molecule has 4 rings (SSSR count). The van der Waals surface area contributed by atoms with Crippen molar-refractivity contribution in [3.8, 4) is 11.5 Å². The molecule has 0 fully saturated rings. The Morgan fingerprint density at radius 2 is 2.04 bits per heavy atom. The summed E-state index contributed by atoms with van der Waals surface area (Å²) in [6.45, 7) is 1.98. The molecule has 4 aromatic rings. The lowest BCUT2D eigenvalue weighted by atomic mass is 10.2. The molecular formula is C18H14FN5O. The number of pyridine rings is 1. The van der Waals surface area contributed by atoms with Gasteiger partial charge in [-0.15, -0.1) is 0 Å². The Morgan fingerprint density at radius 3 is 2.84 bits per heavy atom. The number of nitrogens with zero attached hydrogens (tertiary/aromatic N) is 4. The largest absolute Gasteiger partial charge is 0.305 e. The number of H-pyrrole nitrogens is 1. The smallest absolute Gasteiger partial charge is 0.251 e. The molecule has 0 atom stereocenters. The Morgan fingerprint density at radius 1 is 1.20 bits per heavy atom. The molecule has 1 N–H and O–H groups in total. The standard InChI is InChI=1S/C18H14FN5O/c1-11-9-15(25)22-17(21-11)16-13-6-4-8-20-18(13)24(23-16)10-12-5-2-3-7-14(12)19/h2-9H,10H2,1H3,(H,21,22,25). The molecule has 124 valence electrons. The van der Waals surface area contributed by atoms with Gasteiger partial charge in [0.15, 0.2) is 11.5 Å². The van der Waals surface area contributed by atoms with Crippen molar-refractivity contribution < 1.29 is 4.39 Å². The molecule has 0 radical (unpaired) electrons. The number of hydrogen-bond acceptors (Lipinski definition) is 4. The zero-order chi connectivity index (χ0) is 17.4. The highest BCUT2D eigenvalue weighted by molar-refractivity contribution is 5.89. The van der Waals surface area contributed by atoms with Gasteiger partial charge < -0.3 is 4.98 Å². The normalized spacial score (nSPS) is 11.1. The third-order valence-corrected chi connectivity index (χ3v) is 3.88. The predicted octanol–water partition coefficient (Wildman–Crippen LogP) is 2.68. The monoisotopic (exact) mass is 335 g/mol. The molecule has 25 heavy (non-hydrogen) atoms. The zero-order valence-electron chi connectivity index (χ0n) is 13.4. The summed E-state index contributed by atoms with van der Waals surface area (Å²) in [6.07, 6.45) is 1.65. The topological polar surface area (TPSA) is 76.5 Å². The maximum atomic E-state index is 14.0. The van der Waals surface area contributed by atoms with Gasteiger partial charge in [0.2, 0.25) is 0 Å². The van der Waals surface area contributed by atoms with Crippen LogP contribution in [0.3, 0.4) is 0 Å². The van der Waals surface area contributed by atoms with E-state index < -0.39 is 0 Å². The lowest BCUT2D eigenvalue weighted by Gasteiger charge is -2.04. The van der Waals surface area contributed by atoms with Crippen molar-refractivity contribution in [3.63, 3.8) is 0 Å². The van der Waals surface area contributed by atoms with Crippen LogP contribution in [-0.4, -0.2) is 24.7 Å². The van der Waals surface area contributed by atoms with Gasteiger partial charge in [0.05, 0.1) is 11.9 Å². The van der Waals surface area contributed by atoms with E-state index in [2.05, 4.69) is 20.1 Å². The van der Waals surface area contributed by atoms with Gasteiger partial charge in [-0.3, -0.25) is 4.79 Å². The van der Waals surface area contributed by atoms with Crippen LogP contribution >= 0.6 is 0 Å². The maximum absolute atomic E-state index is 14.0. The van der Waals surface area contributed by atoms with Gasteiger partial charge in [0.1, 0.15) is 11.5 Å². The Labute approximate surface area is 142 Å². The Hall–Kier alpha value is -3.35. The van der Waals surface area contributed by atoms with E-state index in [1.165, 1.54) is 12.1 Å². The first kappa shape index (κ1) is 15.2. The molecule has 0 bridgehead atoms. The summed E-state index contributed by atoms with van der Waals surface area (Å²) in [5.41, 5.74) is 1.97. The molecule has 0 aliphatic carbocycles. The average molecular weight is 335 g/mol. The van der Waals surface area contributed by atoms with Gasteiger partial charge in [-0.2, -0.15) is 5.10 Å². The van der Waals surface area contributed by atoms with Crippen LogP contribution in [0, 0.1) is 12.7 Å². The fourth-order valence-corrected chi connectivity index (χ4v) is 2.77. The predicted molar refractivity (Wildman–Crippen MR) is 91.6 cm³/mol. The lowest BCUT2D eigenvalue weighted by Crippen LogP contribution is -2.09. The minimum absolute atomic E-state index is 0.232. The van der Waals surface area contributed by atoms with Crippen LogP contribution in [0.5, 0.6) is 0 Å². The number of aromatic nitrogens is 5. The molecule has 0 aliphatic rings. The summed E-state index contributed by atoms with van der Waals surface area (Å²) in [6, 6.07) is 11.6. The second kappa shape index (κ2) is 5.94. The number of benzene rings is 1. The van der Waals surface area contributed by atoms with Gasteiger partial charge in [0, 0.05) is 23.5 Å². The van der Waals surface area contributed by atoms with E-state index in [4.69, 9.17) is 0 Å². The van der Waals surface area contributed by atoms with Crippen molar-refractivity contribution in [2.75, 3.05) is 0 Å². The summed E-state index contributed by atoms with van der Waals surface area (Å²) in [7, 11) is 0. The first-order valence-corrected chi connectivity index (χ1v) is 7.75. The highest BCUT2D eigenvalue weighted by Gasteiger charge is 2.16. The van der Waals surface area contributed by atoms with Crippen LogP contribution < -0.4 is 5.56 Å². The highest BCUT2D eigenvalue weighted by atomic mass is 19.1. The molecule has 3 heterocycles. The molecule has 3 aromatic heterocycles. The third-order valence-electron chi connectivity index (χ3n) is 3.88. The molecule has 7 heteroatoms. The minimum atomic E-state index is -0.300. The maximum Gasteiger partial charge on any atom is 0.251 e. The fourth-order valence-electron chi connectivity index (χ4n) is 2.77. The summed E-state index contributed by atoms with van der Waals surface area (Å²) < 4.78 is 15.6. The first-order valence-electron chi connectivity index (χ1n) is 7.75. The molecule has 0 saturated carbocycles. The van der Waals surface area contributed by atoms with Crippen molar-refractivity contribution in [1.82, 2.24) is 24.7 Å². The van der Waals surface area contributed by atoms with Crippen LogP contribution in [0.2, 0.25) is 0 Å². The van der Waals surface area contributed by atoms with E-state index in [-0.39, 0.29) is 17.9 Å². The molecule has 0 aliphatic heterocycles. The molecule has 0 spiro atoms. The summed E-state index contributed by atoms with van der Waals surface area (Å²) in [5, 5.41) is 5.28. The number of aryl methyl sites for hydroxylation is 1. The fraction of sp³-hybridized carbons (Fsp3) is 0.111. The SMILES string of the molecule is Cc1cc(=O)[nH]c(-c2nn(Cc3ccccc3F)c3ncccc23)n1. The van der Waals surface area contributed by atoms with Crippen molar-refractivity contribution in [2.45, 2.75) is 13.5 Å². The van der Waals surface area contributed by atoms with Crippen molar-refractivity contribution in [1.29, 1.82) is 0 Å². The van der Waals surface area contributed by atoms with E-state index in [0.29, 0.717) is 28.4 Å². The van der Waals surface area contributed by atoms with Crippen LogP contribution in [0.4, 0.5) is 4.39 Å².